The molecule has 4 nitrogen and oxygen atoms in total. The summed E-state index contributed by atoms with van der Waals surface area (Å²) in [6.45, 7) is 0.698. The van der Waals surface area contributed by atoms with Gasteiger partial charge in [-0.25, -0.2) is 0 Å². The van der Waals surface area contributed by atoms with E-state index in [-0.39, 0.29) is 24.7 Å². The van der Waals surface area contributed by atoms with Gasteiger partial charge in [0.15, 0.2) is 6.29 Å². The SMILES string of the molecule is O=C(O)CC/C=C\CC1COC(C2CCCCC2)OC1c1ccccc1. The van der Waals surface area contributed by atoms with Gasteiger partial charge >= 0.3 is 5.97 Å². The molecule has 1 saturated heterocycles. The lowest BCUT2D eigenvalue weighted by atomic mass is 9.87. The van der Waals surface area contributed by atoms with Crippen molar-refractivity contribution in [2.75, 3.05) is 6.61 Å². The van der Waals surface area contributed by atoms with Crippen LogP contribution in [0.4, 0.5) is 0 Å². The first-order chi connectivity index (χ1) is 12.7. The summed E-state index contributed by atoms with van der Waals surface area (Å²) in [5.41, 5.74) is 1.21. The Hall–Kier alpha value is -1.65. The average Bonchev–Trinajstić information content (AvgIpc) is 2.69. The van der Waals surface area contributed by atoms with Crippen molar-refractivity contribution in [2.24, 2.45) is 11.8 Å². The number of allylic oxidation sites excluding steroid dienone is 2. The van der Waals surface area contributed by atoms with E-state index < -0.39 is 5.97 Å². The van der Waals surface area contributed by atoms with E-state index in [4.69, 9.17) is 14.6 Å². The quantitative estimate of drug-likeness (QED) is 0.688. The smallest absolute Gasteiger partial charge is 0.303 e. The molecular formula is C22H30O4. The zero-order valence-electron chi connectivity index (χ0n) is 15.4. The topological polar surface area (TPSA) is 55.8 Å². The Morgan fingerprint density at radius 2 is 1.88 bits per heavy atom. The molecule has 0 amide bonds. The first-order valence-corrected chi connectivity index (χ1v) is 9.93. The van der Waals surface area contributed by atoms with Gasteiger partial charge in [-0.05, 0) is 31.2 Å². The van der Waals surface area contributed by atoms with Gasteiger partial charge in [0.05, 0.1) is 12.7 Å². The van der Waals surface area contributed by atoms with Gasteiger partial charge in [0.2, 0.25) is 0 Å². The molecule has 0 bridgehead atoms. The van der Waals surface area contributed by atoms with Gasteiger partial charge < -0.3 is 14.6 Å². The minimum Gasteiger partial charge on any atom is -0.481 e. The molecule has 2 fully saturated rings. The Morgan fingerprint density at radius 1 is 1.12 bits per heavy atom. The van der Waals surface area contributed by atoms with E-state index in [1.807, 2.05) is 12.1 Å². The second kappa shape index (κ2) is 9.89. The summed E-state index contributed by atoms with van der Waals surface area (Å²) in [4.78, 5) is 10.6. The lowest BCUT2D eigenvalue weighted by Crippen LogP contribution is -2.39. The molecule has 1 aromatic carbocycles. The third-order valence-electron chi connectivity index (χ3n) is 5.48. The van der Waals surface area contributed by atoms with E-state index in [1.54, 1.807) is 0 Å². The third kappa shape index (κ3) is 5.42. The zero-order valence-corrected chi connectivity index (χ0v) is 15.4. The van der Waals surface area contributed by atoms with Crippen molar-refractivity contribution in [1.29, 1.82) is 0 Å². The molecule has 2 aliphatic rings. The van der Waals surface area contributed by atoms with E-state index >= 15 is 0 Å². The van der Waals surface area contributed by atoms with Crippen molar-refractivity contribution < 1.29 is 19.4 Å². The van der Waals surface area contributed by atoms with Crippen LogP contribution in [0.15, 0.2) is 42.5 Å². The van der Waals surface area contributed by atoms with E-state index in [0.717, 1.165) is 6.42 Å². The lowest BCUT2D eigenvalue weighted by Gasteiger charge is -2.40. The van der Waals surface area contributed by atoms with Gasteiger partial charge in [-0.3, -0.25) is 4.79 Å². The molecule has 1 aliphatic carbocycles. The molecule has 1 aliphatic heterocycles. The van der Waals surface area contributed by atoms with Gasteiger partial charge in [-0.1, -0.05) is 61.7 Å². The van der Waals surface area contributed by atoms with Crippen LogP contribution in [0.5, 0.6) is 0 Å². The summed E-state index contributed by atoms with van der Waals surface area (Å²) in [6, 6.07) is 10.4. The highest BCUT2D eigenvalue weighted by molar-refractivity contribution is 5.66. The van der Waals surface area contributed by atoms with Gasteiger partial charge in [-0.15, -0.1) is 0 Å². The minimum absolute atomic E-state index is 0.0426. The minimum atomic E-state index is -0.753. The molecule has 26 heavy (non-hydrogen) atoms. The fraction of sp³-hybridized carbons (Fsp3) is 0.591. The largest absolute Gasteiger partial charge is 0.481 e. The van der Waals surface area contributed by atoms with Crippen LogP contribution < -0.4 is 0 Å². The number of ether oxygens (including phenoxy) is 2. The number of hydrogen-bond acceptors (Lipinski definition) is 3. The summed E-state index contributed by atoms with van der Waals surface area (Å²) >= 11 is 0. The van der Waals surface area contributed by atoms with Gasteiger partial charge in [0.25, 0.3) is 0 Å². The van der Waals surface area contributed by atoms with E-state index in [0.29, 0.717) is 18.9 Å². The highest BCUT2D eigenvalue weighted by atomic mass is 16.7. The van der Waals surface area contributed by atoms with Crippen molar-refractivity contribution in [3.05, 3.63) is 48.0 Å². The normalized spacial score (nSPS) is 27.6. The molecule has 1 saturated carbocycles. The molecule has 142 valence electrons. The Kier molecular flexibility index (Phi) is 7.27. The molecular weight excluding hydrogens is 328 g/mol. The molecule has 4 heteroatoms. The highest BCUT2D eigenvalue weighted by Gasteiger charge is 2.36. The fourth-order valence-electron chi connectivity index (χ4n) is 4.04. The maximum atomic E-state index is 10.6. The second-order valence-electron chi connectivity index (χ2n) is 7.47. The summed E-state index contributed by atoms with van der Waals surface area (Å²) in [7, 11) is 0. The molecule has 3 unspecified atom stereocenters. The lowest BCUT2D eigenvalue weighted by molar-refractivity contribution is -0.262. The number of hydrogen-bond donors (Lipinski definition) is 1. The maximum Gasteiger partial charge on any atom is 0.303 e. The van der Waals surface area contributed by atoms with E-state index in [2.05, 4.69) is 30.3 Å². The standard InChI is InChI=1S/C22H30O4/c23-20(24)15-9-3-8-14-19-16-25-22(18-12-6-2-7-13-18)26-21(19)17-10-4-1-5-11-17/h1,3-5,8,10-11,18-19,21-22H,2,6-7,9,12-16H2,(H,23,24)/b8-3-. The van der Waals surface area contributed by atoms with Crippen LogP contribution >= 0.6 is 0 Å². The second-order valence-corrected chi connectivity index (χ2v) is 7.47. The highest BCUT2D eigenvalue weighted by Crippen LogP contribution is 2.39. The van der Waals surface area contributed by atoms with Crippen molar-refractivity contribution in [1.82, 2.24) is 0 Å². The summed E-state index contributed by atoms with van der Waals surface area (Å²) in [5, 5.41) is 8.73. The number of carbonyl (C=O) groups is 1. The number of carboxylic acid groups (broad SMARTS) is 1. The molecule has 1 aromatic rings. The van der Waals surface area contributed by atoms with Gasteiger partial charge in [-0.2, -0.15) is 0 Å². The van der Waals surface area contributed by atoms with Crippen LogP contribution in [0.3, 0.4) is 0 Å². The zero-order chi connectivity index (χ0) is 18.2. The van der Waals surface area contributed by atoms with Gasteiger partial charge in [0.1, 0.15) is 0 Å². The molecule has 1 heterocycles. The van der Waals surface area contributed by atoms with Crippen molar-refractivity contribution in [3.8, 4) is 0 Å². The van der Waals surface area contributed by atoms with Crippen LogP contribution in [-0.4, -0.2) is 24.0 Å². The number of benzene rings is 1. The van der Waals surface area contributed by atoms with Crippen LogP contribution in [0.25, 0.3) is 0 Å². The van der Waals surface area contributed by atoms with E-state index in [1.165, 1.54) is 37.7 Å². The molecule has 0 radical (unpaired) electrons. The Labute approximate surface area is 156 Å². The van der Waals surface area contributed by atoms with Crippen molar-refractivity contribution in [2.45, 2.75) is 63.8 Å². The molecule has 0 aromatic heterocycles. The summed E-state index contributed by atoms with van der Waals surface area (Å²) in [6.07, 6.45) is 11.9. The average molecular weight is 358 g/mol. The third-order valence-corrected chi connectivity index (χ3v) is 5.48. The summed E-state index contributed by atoms with van der Waals surface area (Å²) in [5.74, 6) is 0.0248. The number of rotatable bonds is 7. The Bertz CT molecular complexity index is 577. The Balaban J connectivity index is 1.63. The monoisotopic (exact) mass is 358 g/mol. The number of aliphatic carboxylic acids is 1. The predicted octanol–water partition coefficient (Wildman–Crippen LogP) is 5.11. The van der Waals surface area contributed by atoms with Crippen molar-refractivity contribution in [3.63, 3.8) is 0 Å². The van der Waals surface area contributed by atoms with E-state index in [9.17, 15) is 4.79 Å². The molecule has 3 rings (SSSR count). The Morgan fingerprint density at radius 3 is 2.62 bits per heavy atom. The van der Waals surface area contributed by atoms with Crippen LogP contribution in [0.1, 0.15) is 63.0 Å². The predicted molar refractivity (Wildman–Crippen MR) is 101 cm³/mol. The maximum absolute atomic E-state index is 10.6. The fourth-order valence-corrected chi connectivity index (χ4v) is 4.04. The first kappa shape index (κ1) is 19.1. The molecule has 1 N–H and O–H groups in total. The van der Waals surface area contributed by atoms with Crippen LogP contribution in [0, 0.1) is 11.8 Å². The van der Waals surface area contributed by atoms with Crippen molar-refractivity contribution >= 4 is 5.97 Å². The number of carboxylic acids is 1. The molecule has 3 atom stereocenters. The van der Waals surface area contributed by atoms with Crippen LogP contribution in [-0.2, 0) is 14.3 Å². The first-order valence-electron chi connectivity index (χ1n) is 9.93. The summed E-state index contributed by atoms with van der Waals surface area (Å²) < 4.78 is 12.6. The van der Waals surface area contributed by atoms with Crippen LogP contribution in [0.2, 0.25) is 0 Å². The van der Waals surface area contributed by atoms with Gasteiger partial charge in [0, 0.05) is 18.3 Å². The molecule has 0 spiro atoms.